The van der Waals surface area contributed by atoms with Crippen molar-refractivity contribution < 1.29 is 4.39 Å². The van der Waals surface area contributed by atoms with Gasteiger partial charge in [-0.3, -0.25) is 0 Å². The minimum Gasteiger partial charge on any atom is -0.207 e. The van der Waals surface area contributed by atoms with Crippen molar-refractivity contribution in [3.63, 3.8) is 0 Å². The number of allylic oxidation sites excluding steroid dienone is 2. The van der Waals surface area contributed by atoms with Gasteiger partial charge in [-0.05, 0) is 80.4 Å². The van der Waals surface area contributed by atoms with Crippen LogP contribution >= 0.6 is 0 Å². The molecule has 0 saturated heterocycles. The summed E-state index contributed by atoms with van der Waals surface area (Å²) in [5, 5.41) is 0. The molecule has 0 amide bonds. The first-order chi connectivity index (χ1) is 13.6. The summed E-state index contributed by atoms with van der Waals surface area (Å²) in [7, 11) is 0. The molecule has 0 bridgehead atoms. The Balaban J connectivity index is 1.32. The Kier molecular flexibility index (Phi) is 8.62. The molecule has 0 radical (unpaired) electrons. The predicted molar refractivity (Wildman–Crippen MR) is 119 cm³/mol. The van der Waals surface area contributed by atoms with E-state index in [9.17, 15) is 4.39 Å². The monoisotopic (exact) mass is 384 g/mol. The Labute approximate surface area is 173 Å². The molecule has 2 aliphatic carbocycles. The smallest absolute Gasteiger partial charge is 0.126 e. The number of rotatable bonds is 9. The molecule has 0 aromatic heterocycles. The average Bonchev–Trinajstić information content (AvgIpc) is 2.73. The fraction of sp³-hybridized carbons (Fsp3) is 0.704. The maximum Gasteiger partial charge on any atom is 0.126 e. The molecule has 156 valence electrons. The van der Waals surface area contributed by atoms with E-state index in [1.54, 1.807) is 11.6 Å². The van der Waals surface area contributed by atoms with Crippen molar-refractivity contribution in [2.24, 2.45) is 17.8 Å². The van der Waals surface area contributed by atoms with E-state index in [-0.39, 0.29) is 5.82 Å². The molecule has 0 N–H and O–H groups in total. The number of halogens is 1. The van der Waals surface area contributed by atoms with Crippen molar-refractivity contribution in [3.8, 4) is 0 Å². The molecule has 28 heavy (non-hydrogen) atoms. The molecule has 3 rings (SSSR count). The summed E-state index contributed by atoms with van der Waals surface area (Å²) in [6, 6.07) is 5.72. The van der Waals surface area contributed by atoms with Crippen molar-refractivity contribution in [2.75, 3.05) is 0 Å². The molecule has 1 atom stereocenters. The van der Waals surface area contributed by atoms with Crippen LogP contribution in [0.5, 0.6) is 0 Å². The van der Waals surface area contributed by atoms with Crippen molar-refractivity contribution in [1.82, 2.24) is 0 Å². The van der Waals surface area contributed by atoms with Gasteiger partial charge < -0.3 is 0 Å². The van der Waals surface area contributed by atoms with E-state index in [0.717, 1.165) is 41.7 Å². The number of hydrogen-bond donors (Lipinski definition) is 0. The van der Waals surface area contributed by atoms with E-state index < -0.39 is 0 Å². The van der Waals surface area contributed by atoms with Gasteiger partial charge in [0.25, 0.3) is 0 Å². The normalized spacial score (nSPS) is 25.5. The van der Waals surface area contributed by atoms with Crippen LogP contribution in [0.25, 0.3) is 0 Å². The second kappa shape index (κ2) is 11.2. The van der Waals surface area contributed by atoms with Gasteiger partial charge in [0.2, 0.25) is 0 Å². The Morgan fingerprint density at radius 1 is 0.893 bits per heavy atom. The molecule has 2 aliphatic rings. The summed E-state index contributed by atoms with van der Waals surface area (Å²) in [6.07, 6.45) is 21.7. The van der Waals surface area contributed by atoms with Gasteiger partial charge in [-0.15, -0.1) is 0 Å². The van der Waals surface area contributed by atoms with Crippen molar-refractivity contribution >= 4 is 0 Å². The number of hydrogen-bond acceptors (Lipinski definition) is 0. The number of benzene rings is 1. The summed E-state index contributed by atoms with van der Waals surface area (Å²) in [6.45, 7) is 4.15. The van der Waals surface area contributed by atoms with Gasteiger partial charge in [-0.1, -0.05) is 82.1 Å². The maximum atomic E-state index is 13.7. The van der Waals surface area contributed by atoms with E-state index in [0.29, 0.717) is 0 Å². The standard InChI is InChI=1S/C27H41F/c1-3-4-5-22-8-10-23(11-9-22)12-13-24-14-16-25(17-15-24)18-19-26-7-6-21(2)27(28)20-26/h6-7,16,20,22-24H,3-5,8-15,17-19H2,1-2H3/t22-,23-,24?. The molecule has 0 heterocycles. The van der Waals surface area contributed by atoms with Gasteiger partial charge in [0.1, 0.15) is 5.82 Å². The first kappa shape index (κ1) is 21.6. The van der Waals surface area contributed by atoms with Crippen molar-refractivity contribution in [3.05, 3.63) is 46.8 Å². The third-order valence-electron chi connectivity index (χ3n) is 7.50. The van der Waals surface area contributed by atoms with Crippen LogP contribution in [0.3, 0.4) is 0 Å². The highest BCUT2D eigenvalue weighted by Gasteiger charge is 2.22. The van der Waals surface area contributed by atoms with Crippen LogP contribution in [0.2, 0.25) is 0 Å². The third-order valence-corrected chi connectivity index (χ3v) is 7.50. The fourth-order valence-electron chi connectivity index (χ4n) is 5.30. The minimum absolute atomic E-state index is 0.0606. The molecular weight excluding hydrogens is 343 g/mol. The van der Waals surface area contributed by atoms with Gasteiger partial charge in [0, 0.05) is 0 Å². The second-order valence-corrected chi connectivity index (χ2v) is 9.69. The summed E-state index contributed by atoms with van der Waals surface area (Å²) < 4.78 is 13.7. The van der Waals surface area contributed by atoms with Gasteiger partial charge in [0.15, 0.2) is 0 Å². The quantitative estimate of drug-likeness (QED) is 0.374. The highest BCUT2D eigenvalue weighted by atomic mass is 19.1. The molecule has 0 nitrogen and oxygen atoms in total. The summed E-state index contributed by atoms with van der Waals surface area (Å²) in [4.78, 5) is 0. The van der Waals surface area contributed by atoms with Crippen LogP contribution in [-0.2, 0) is 6.42 Å². The predicted octanol–water partition coefficient (Wildman–Crippen LogP) is 8.57. The Morgan fingerprint density at radius 2 is 1.61 bits per heavy atom. The Hall–Kier alpha value is -1.11. The van der Waals surface area contributed by atoms with Gasteiger partial charge in [-0.25, -0.2) is 4.39 Å². The minimum atomic E-state index is -0.0606. The first-order valence-electron chi connectivity index (χ1n) is 12.1. The van der Waals surface area contributed by atoms with Gasteiger partial charge >= 0.3 is 0 Å². The van der Waals surface area contributed by atoms with Crippen LogP contribution in [-0.4, -0.2) is 0 Å². The van der Waals surface area contributed by atoms with Crippen LogP contribution in [0.15, 0.2) is 29.8 Å². The maximum absolute atomic E-state index is 13.7. The lowest BCUT2D eigenvalue weighted by Gasteiger charge is -2.30. The van der Waals surface area contributed by atoms with Gasteiger partial charge in [0.05, 0.1) is 0 Å². The molecule has 1 fully saturated rings. The van der Waals surface area contributed by atoms with E-state index in [2.05, 4.69) is 19.1 Å². The first-order valence-corrected chi connectivity index (χ1v) is 12.1. The summed E-state index contributed by atoms with van der Waals surface area (Å²) >= 11 is 0. The molecule has 1 aromatic rings. The van der Waals surface area contributed by atoms with E-state index in [1.165, 1.54) is 77.0 Å². The van der Waals surface area contributed by atoms with Crippen LogP contribution < -0.4 is 0 Å². The fourth-order valence-corrected chi connectivity index (χ4v) is 5.30. The number of unbranched alkanes of at least 4 members (excludes halogenated alkanes) is 1. The summed E-state index contributed by atoms with van der Waals surface area (Å²) in [5.74, 6) is 2.91. The van der Waals surface area contributed by atoms with Crippen LogP contribution in [0.1, 0.15) is 102 Å². The van der Waals surface area contributed by atoms with E-state index in [4.69, 9.17) is 0 Å². The SMILES string of the molecule is CCCC[C@H]1CC[C@H](CCC2CC=C(CCc3ccc(C)c(F)c3)CC2)CC1. The molecule has 1 saturated carbocycles. The van der Waals surface area contributed by atoms with Crippen LogP contribution in [0, 0.1) is 30.5 Å². The lowest BCUT2D eigenvalue weighted by atomic mass is 9.76. The highest BCUT2D eigenvalue weighted by molar-refractivity contribution is 5.24. The second-order valence-electron chi connectivity index (χ2n) is 9.69. The molecule has 1 heteroatoms. The Bertz CT molecular complexity index is 621. The molecule has 1 aromatic carbocycles. The summed E-state index contributed by atoms with van der Waals surface area (Å²) in [5.41, 5.74) is 3.49. The molecule has 0 spiro atoms. The third kappa shape index (κ3) is 6.75. The van der Waals surface area contributed by atoms with Gasteiger partial charge in [-0.2, -0.15) is 0 Å². The zero-order valence-electron chi connectivity index (χ0n) is 18.3. The lowest BCUT2D eigenvalue weighted by Crippen LogP contribution is -2.16. The number of aryl methyl sites for hydroxylation is 2. The Morgan fingerprint density at radius 3 is 2.25 bits per heavy atom. The largest absolute Gasteiger partial charge is 0.207 e. The zero-order valence-corrected chi connectivity index (χ0v) is 18.3. The lowest BCUT2D eigenvalue weighted by molar-refractivity contribution is 0.235. The van der Waals surface area contributed by atoms with E-state index >= 15 is 0 Å². The molecule has 1 unspecified atom stereocenters. The molecular formula is C27H41F. The topological polar surface area (TPSA) is 0 Å². The van der Waals surface area contributed by atoms with E-state index in [1.807, 2.05) is 13.0 Å². The molecule has 0 aliphatic heterocycles. The highest BCUT2D eigenvalue weighted by Crippen LogP contribution is 2.37. The van der Waals surface area contributed by atoms with Crippen LogP contribution in [0.4, 0.5) is 4.39 Å². The zero-order chi connectivity index (χ0) is 19.8. The van der Waals surface area contributed by atoms with Crippen molar-refractivity contribution in [2.45, 2.75) is 104 Å². The average molecular weight is 385 g/mol. The van der Waals surface area contributed by atoms with Crippen molar-refractivity contribution in [1.29, 1.82) is 0 Å².